The van der Waals surface area contributed by atoms with Crippen molar-refractivity contribution in [1.82, 2.24) is 5.32 Å². The molecule has 24 heavy (non-hydrogen) atoms. The lowest BCUT2D eigenvalue weighted by molar-refractivity contribution is -0.0157. The summed E-state index contributed by atoms with van der Waals surface area (Å²) in [4.78, 5) is 0. The molecule has 2 N–H and O–H groups in total. The van der Waals surface area contributed by atoms with Gasteiger partial charge in [0.15, 0.2) is 0 Å². The predicted molar refractivity (Wildman–Crippen MR) is 97.3 cm³/mol. The van der Waals surface area contributed by atoms with Crippen LogP contribution in [0.3, 0.4) is 0 Å². The number of aryl methyl sites for hydroxylation is 2. The summed E-state index contributed by atoms with van der Waals surface area (Å²) in [5.41, 5.74) is 3.68. The molecule has 3 nitrogen and oxygen atoms in total. The lowest BCUT2D eigenvalue weighted by atomic mass is 9.89. The molecule has 3 rings (SSSR count). The Morgan fingerprint density at radius 1 is 1.04 bits per heavy atom. The van der Waals surface area contributed by atoms with Gasteiger partial charge in [-0.1, -0.05) is 42.0 Å². The molecule has 0 bridgehead atoms. The molecule has 1 aliphatic rings. The maximum absolute atomic E-state index is 10.7. The molecule has 128 valence electrons. The third-order valence-corrected chi connectivity index (χ3v) is 4.76. The monoisotopic (exact) mass is 325 g/mol. The maximum atomic E-state index is 10.7. The summed E-state index contributed by atoms with van der Waals surface area (Å²) in [6.07, 6.45) is 2.33. The molecule has 1 aliphatic carbocycles. The first-order valence-corrected chi connectivity index (χ1v) is 8.82. The highest BCUT2D eigenvalue weighted by molar-refractivity contribution is 5.28. The molecule has 3 atom stereocenters. The molecular weight excluding hydrogens is 298 g/mol. The third kappa shape index (κ3) is 4.37. The van der Waals surface area contributed by atoms with Crippen molar-refractivity contribution in [3.63, 3.8) is 0 Å². The minimum absolute atomic E-state index is 0.0786. The van der Waals surface area contributed by atoms with Gasteiger partial charge >= 0.3 is 0 Å². The quantitative estimate of drug-likeness (QED) is 0.879. The zero-order chi connectivity index (χ0) is 16.9. The van der Waals surface area contributed by atoms with Crippen LogP contribution >= 0.6 is 0 Å². The minimum Gasteiger partial charge on any atom is -0.488 e. The summed E-state index contributed by atoms with van der Waals surface area (Å²) in [5, 5.41) is 14.2. The topological polar surface area (TPSA) is 41.5 Å². The zero-order valence-electron chi connectivity index (χ0n) is 14.5. The molecular formula is C21H27NO2. The van der Waals surface area contributed by atoms with Gasteiger partial charge in [-0.15, -0.1) is 0 Å². The highest BCUT2D eigenvalue weighted by Crippen LogP contribution is 2.25. The molecule has 1 saturated carbocycles. The Morgan fingerprint density at radius 3 is 2.58 bits per heavy atom. The molecule has 0 aromatic heterocycles. The van der Waals surface area contributed by atoms with E-state index in [4.69, 9.17) is 4.74 Å². The molecule has 0 heterocycles. The predicted octanol–water partition coefficient (Wildman–Crippen LogP) is 3.75. The second-order valence-corrected chi connectivity index (χ2v) is 6.87. The number of hydrogen-bond acceptors (Lipinski definition) is 3. The van der Waals surface area contributed by atoms with E-state index < -0.39 is 6.10 Å². The number of aliphatic hydroxyl groups excluding tert-OH is 1. The van der Waals surface area contributed by atoms with Crippen molar-refractivity contribution in [3.8, 4) is 5.75 Å². The average molecular weight is 325 g/mol. The van der Waals surface area contributed by atoms with Crippen molar-refractivity contribution in [2.75, 3.05) is 0 Å². The third-order valence-electron chi connectivity index (χ3n) is 4.76. The smallest absolute Gasteiger partial charge is 0.126 e. The number of nitrogens with one attached hydrogen (secondary N) is 1. The molecule has 0 saturated heterocycles. The second kappa shape index (κ2) is 7.82. The fraction of sp³-hybridized carbons (Fsp3) is 0.429. The minimum atomic E-state index is -0.482. The van der Waals surface area contributed by atoms with Crippen molar-refractivity contribution in [1.29, 1.82) is 0 Å². The van der Waals surface area contributed by atoms with Crippen LogP contribution in [0.15, 0.2) is 48.5 Å². The van der Waals surface area contributed by atoms with Crippen LogP contribution in [-0.4, -0.2) is 23.4 Å². The van der Waals surface area contributed by atoms with E-state index in [-0.39, 0.29) is 12.1 Å². The summed E-state index contributed by atoms with van der Waals surface area (Å²) in [6.45, 7) is 4.92. The van der Waals surface area contributed by atoms with Crippen molar-refractivity contribution < 1.29 is 9.84 Å². The van der Waals surface area contributed by atoms with Gasteiger partial charge in [0.05, 0.1) is 0 Å². The largest absolute Gasteiger partial charge is 0.488 e. The molecule has 0 unspecified atom stereocenters. The summed E-state index contributed by atoms with van der Waals surface area (Å²) in [6, 6.07) is 16.6. The fourth-order valence-electron chi connectivity index (χ4n) is 3.31. The van der Waals surface area contributed by atoms with Gasteiger partial charge in [-0.25, -0.2) is 0 Å². The number of ether oxygens (including phenoxy) is 1. The number of benzene rings is 2. The molecule has 1 fully saturated rings. The Hall–Kier alpha value is -1.84. The standard InChI is InChI=1S/C21H27NO2/c1-15-9-11-17(12-10-15)14-22-19-7-4-8-20(21(19)23)24-18-6-3-5-16(2)13-18/h3,5-6,9-13,19-23H,4,7-8,14H2,1-2H3/t19-,20+,21+/m0/s1. The van der Waals surface area contributed by atoms with Crippen molar-refractivity contribution in [2.24, 2.45) is 0 Å². The van der Waals surface area contributed by atoms with Gasteiger partial charge in [0.25, 0.3) is 0 Å². The first kappa shape index (κ1) is 17.0. The van der Waals surface area contributed by atoms with Gasteiger partial charge in [-0.2, -0.15) is 0 Å². The lowest BCUT2D eigenvalue weighted by Gasteiger charge is -2.35. The summed E-state index contributed by atoms with van der Waals surface area (Å²) in [5.74, 6) is 0.846. The first-order valence-electron chi connectivity index (χ1n) is 8.82. The molecule has 0 amide bonds. The number of hydrogen-bond donors (Lipinski definition) is 2. The summed E-state index contributed by atoms with van der Waals surface area (Å²) in [7, 11) is 0. The summed E-state index contributed by atoms with van der Waals surface area (Å²) < 4.78 is 6.06. The van der Waals surface area contributed by atoms with Crippen LogP contribution in [0.25, 0.3) is 0 Å². The average Bonchev–Trinajstić information content (AvgIpc) is 2.57. The van der Waals surface area contributed by atoms with Gasteiger partial charge in [0.1, 0.15) is 18.0 Å². The second-order valence-electron chi connectivity index (χ2n) is 6.87. The Morgan fingerprint density at radius 2 is 1.83 bits per heavy atom. The number of rotatable bonds is 5. The van der Waals surface area contributed by atoms with Gasteiger partial charge in [-0.3, -0.25) is 0 Å². The van der Waals surface area contributed by atoms with Gasteiger partial charge in [-0.05, 0) is 56.4 Å². The fourth-order valence-corrected chi connectivity index (χ4v) is 3.31. The number of aliphatic hydroxyl groups is 1. The van der Waals surface area contributed by atoms with Crippen LogP contribution in [0.4, 0.5) is 0 Å². The van der Waals surface area contributed by atoms with Crippen LogP contribution in [0.5, 0.6) is 5.75 Å². The molecule has 2 aromatic carbocycles. The van der Waals surface area contributed by atoms with E-state index in [0.29, 0.717) is 0 Å². The first-order chi connectivity index (χ1) is 11.6. The van der Waals surface area contributed by atoms with E-state index in [1.807, 2.05) is 18.2 Å². The van der Waals surface area contributed by atoms with Gasteiger partial charge in [0, 0.05) is 12.6 Å². The maximum Gasteiger partial charge on any atom is 0.126 e. The van der Waals surface area contributed by atoms with E-state index in [1.54, 1.807) is 0 Å². The van der Waals surface area contributed by atoms with Gasteiger partial charge < -0.3 is 15.2 Å². The Kier molecular flexibility index (Phi) is 5.54. The molecule has 0 aliphatic heterocycles. The van der Waals surface area contributed by atoms with Crippen molar-refractivity contribution in [3.05, 3.63) is 65.2 Å². The Labute approximate surface area is 144 Å². The van der Waals surface area contributed by atoms with Crippen LogP contribution in [0.1, 0.15) is 36.0 Å². The lowest BCUT2D eigenvalue weighted by Crippen LogP contribution is -2.50. The highest BCUT2D eigenvalue weighted by atomic mass is 16.5. The van der Waals surface area contributed by atoms with Gasteiger partial charge in [0.2, 0.25) is 0 Å². The van der Waals surface area contributed by atoms with E-state index in [1.165, 1.54) is 16.7 Å². The zero-order valence-corrected chi connectivity index (χ0v) is 14.5. The van der Waals surface area contributed by atoms with Crippen molar-refractivity contribution >= 4 is 0 Å². The SMILES string of the molecule is Cc1ccc(CN[C@H]2CCC[C@@H](Oc3cccc(C)c3)[C@@H]2O)cc1. The van der Waals surface area contributed by atoms with Crippen molar-refractivity contribution in [2.45, 2.75) is 57.9 Å². The molecule has 2 aromatic rings. The Balaban J connectivity index is 1.58. The molecule has 0 spiro atoms. The molecule has 0 radical (unpaired) electrons. The van der Waals surface area contributed by atoms with E-state index in [2.05, 4.69) is 49.5 Å². The van der Waals surface area contributed by atoms with Crippen LogP contribution in [0.2, 0.25) is 0 Å². The van der Waals surface area contributed by atoms with E-state index >= 15 is 0 Å². The normalized spacial score (nSPS) is 23.9. The Bertz CT molecular complexity index is 653. The van der Waals surface area contributed by atoms with Crippen LogP contribution in [-0.2, 0) is 6.54 Å². The van der Waals surface area contributed by atoms with E-state index in [0.717, 1.165) is 31.6 Å². The summed E-state index contributed by atoms with van der Waals surface area (Å²) >= 11 is 0. The van der Waals surface area contributed by atoms with E-state index in [9.17, 15) is 5.11 Å². The van der Waals surface area contributed by atoms with Crippen LogP contribution < -0.4 is 10.1 Å². The van der Waals surface area contributed by atoms with Crippen LogP contribution in [0, 0.1) is 13.8 Å². The molecule has 3 heteroatoms. The highest BCUT2D eigenvalue weighted by Gasteiger charge is 2.33.